The molecule has 4 aromatic carbocycles. The van der Waals surface area contributed by atoms with E-state index in [2.05, 4.69) is 66.2 Å². The van der Waals surface area contributed by atoms with Gasteiger partial charge in [-0.15, -0.1) is 0 Å². The maximum absolute atomic E-state index is 13.6. The van der Waals surface area contributed by atoms with E-state index in [-0.39, 0.29) is 12.4 Å². The van der Waals surface area contributed by atoms with Crippen molar-refractivity contribution >= 4 is 89.2 Å². The molecule has 0 N–H and O–H groups in total. The Morgan fingerprint density at radius 3 is 2.64 bits per heavy atom. The van der Waals surface area contributed by atoms with Crippen LogP contribution in [-0.4, -0.2) is 22.7 Å². The highest BCUT2D eigenvalue weighted by molar-refractivity contribution is 14.1. The molecule has 2 aromatic heterocycles. The van der Waals surface area contributed by atoms with E-state index in [1.54, 1.807) is 18.3 Å². The quantitative estimate of drug-likeness (QED) is 0.125. The summed E-state index contributed by atoms with van der Waals surface area (Å²) < 4.78 is 27.2. The number of hydrogen-bond donors (Lipinski definition) is 0. The number of hydrogen-bond acceptors (Lipinski definition) is 7. The van der Waals surface area contributed by atoms with E-state index in [4.69, 9.17) is 23.6 Å². The normalized spacial score (nSPS) is 12.5. The summed E-state index contributed by atoms with van der Waals surface area (Å²) >= 11 is 7.99. The molecule has 7 rings (SSSR count). The van der Waals surface area contributed by atoms with Crippen LogP contribution < -0.4 is 19.8 Å². The van der Waals surface area contributed by atoms with Crippen LogP contribution in [0, 0.1) is 7.14 Å². The van der Waals surface area contributed by atoms with E-state index >= 15 is 0 Å². The van der Waals surface area contributed by atoms with Crippen molar-refractivity contribution in [1.29, 1.82) is 0 Å². The maximum Gasteiger partial charge on any atom is 0.282 e. The average molecular weight is 846 g/mol. The van der Waals surface area contributed by atoms with Gasteiger partial charge in [-0.2, -0.15) is 9.78 Å². The molecule has 0 bridgehead atoms. The Balaban J connectivity index is 1.22. The fraction of sp³-hybridized carbons (Fsp3) is 0.0645. The monoisotopic (exact) mass is 845 g/mol. The van der Waals surface area contributed by atoms with Gasteiger partial charge < -0.3 is 18.6 Å². The molecule has 8 nitrogen and oxygen atoms in total. The molecule has 208 valence electrons. The Morgan fingerprint density at radius 1 is 0.976 bits per heavy atom. The first-order chi connectivity index (χ1) is 20.4. The van der Waals surface area contributed by atoms with E-state index in [0.717, 1.165) is 45.4 Å². The Hall–Kier alpha value is -3.43. The summed E-state index contributed by atoms with van der Waals surface area (Å²) in [4.78, 5) is 18.4. The molecule has 42 heavy (non-hydrogen) atoms. The van der Waals surface area contributed by atoms with Crippen LogP contribution in [0.4, 0.5) is 0 Å². The molecule has 0 atom stereocenters. The van der Waals surface area contributed by atoms with Gasteiger partial charge in [-0.25, -0.2) is 4.98 Å². The molecule has 0 unspecified atom stereocenters. The summed E-state index contributed by atoms with van der Waals surface area (Å²) in [6.45, 7) is 0.614. The second kappa shape index (κ2) is 11.3. The summed E-state index contributed by atoms with van der Waals surface area (Å²) in [6.07, 6.45) is 1.65. The third kappa shape index (κ3) is 5.28. The Bertz CT molecular complexity index is 2080. The molecule has 1 aliphatic heterocycles. The number of fused-ring (bicyclic) bond motifs is 3. The van der Waals surface area contributed by atoms with E-state index in [1.807, 2.05) is 66.7 Å². The van der Waals surface area contributed by atoms with Gasteiger partial charge in [-0.3, -0.25) is 4.79 Å². The number of rotatable bonds is 6. The Labute approximate surface area is 274 Å². The molecule has 3 heterocycles. The summed E-state index contributed by atoms with van der Waals surface area (Å²) in [7, 11) is 0. The summed E-state index contributed by atoms with van der Waals surface area (Å²) in [5, 5.41) is 5.96. The van der Waals surface area contributed by atoms with Crippen molar-refractivity contribution in [2.45, 2.75) is 6.61 Å². The molecule has 6 aromatic rings. The Kier molecular flexibility index (Phi) is 7.40. The molecule has 0 saturated heterocycles. The minimum absolute atomic E-state index is 0.234. The molecule has 0 aliphatic carbocycles. The van der Waals surface area contributed by atoms with Crippen molar-refractivity contribution in [2.75, 3.05) is 6.79 Å². The van der Waals surface area contributed by atoms with Gasteiger partial charge in [0.1, 0.15) is 17.9 Å². The van der Waals surface area contributed by atoms with Crippen molar-refractivity contribution in [3.8, 4) is 28.8 Å². The lowest BCUT2D eigenvalue weighted by atomic mass is 10.2. The predicted octanol–water partition coefficient (Wildman–Crippen LogP) is 7.97. The first-order valence-electron chi connectivity index (χ1n) is 12.7. The summed E-state index contributed by atoms with van der Waals surface area (Å²) in [6, 6.07) is 24.5. The fourth-order valence-electron chi connectivity index (χ4n) is 4.62. The van der Waals surface area contributed by atoms with Crippen molar-refractivity contribution in [3.05, 3.63) is 112 Å². The van der Waals surface area contributed by atoms with Crippen LogP contribution in [0.3, 0.4) is 0 Å². The molecule has 0 spiro atoms. The average Bonchev–Trinajstić information content (AvgIpc) is 3.62. The van der Waals surface area contributed by atoms with Crippen LogP contribution in [0.15, 0.2) is 97.6 Å². The molecule has 1 aliphatic rings. The van der Waals surface area contributed by atoms with Crippen LogP contribution in [0.2, 0.25) is 0 Å². The van der Waals surface area contributed by atoms with E-state index in [0.29, 0.717) is 34.7 Å². The predicted molar refractivity (Wildman–Crippen MR) is 181 cm³/mol. The van der Waals surface area contributed by atoms with Crippen molar-refractivity contribution in [2.24, 2.45) is 5.10 Å². The van der Waals surface area contributed by atoms with Crippen molar-refractivity contribution in [3.63, 3.8) is 0 Å². The van der Waals surface area contributed by atoms with Crippen LogP contribution in [0.5, 0.6) is 17.2 Å². The van der Waals surface area contributed by atoms with Crippen molar-refractivity contribution < 1.29 is 18.6 Å². The lowest BCUT2D eigenvalue weighted by molar-refractivity contribution is 0.174. The second-order valence-corrected chi connectivity index (χ2v) is 12.6. The van der Waals surface area contributed by atoms with Gasteiger partial charge in [0.2, 0.25) is 12.6 Å². The molecule has 0 amide bonds. The standard InChI is InChI=1S/C31H18BrI2N3O5/c32-20-6-8-25-19(12-20)13-28(42-25)30-36-24-4-2-1-3-21(24)31(38)37(30)35-14-18-9-22(33)29(23(34)10-18)39-15-17-5-7-26-27(11-17)41-16-40-26/h1-14H,15-16H2. The third-order valence-electron chi connectivity index (χ3n) is 6.62. The zero-order chi connectivity index (χ0) is 28.8. The highest BCUT2D eigenvalue weighted by atomic mass is 127. The first-order valence-corrected chi connectivity index (χ1v) is 15.6. The highest BCUT2D eigenvalue weighted by Gasteiger charge is 2.18. The number of benzene rings is 4. The number of ether oxygens (including phenoxy) is 3. The van der Waals surface area contributed by atoms with Gasteiger partial charge in [0, 0.05) is 9.86 Å². The van der Waals surface area contributed by atoms with Gasteiger partial charge in [0.25, 0.3) is 5.56 Å². The number of para-hydroxylation sites is 1. The zero-order valence-corrected chi connectivity index (χ0v) is 27.4. The third-order valence-corrected chi connectivity index (χ3v) is 8.71. The van der Waals surface area contributed by atoms with Gasteiger partial charge in [0.05, 0.1) is 24.3 Å². The molecule has 0 radical (unpaired) electrons. The van der Waals surface area contributed by atoms with Crippen LogP contribution >= 0.6 is 61.1 Å². The lowest BCUT2D eigenvalue weighted by Crippen LogP contribution is -2.20. The maximum atomic E-state index is 13.6. The second-order valence-electron chi connectivity index (χ2n) is 9.40. The Morgan fingerprint density at radius 2 is 1.79 bits per heavy atom. The molecule has 0 fully saturated rings. The van der Waals surface area contributed by atoms with Gasteiger partial charge in [0.15, 0.2) is 17.3 Å². The number of aromatic nitrogens is 2. The van der Waals surface area contributed by atoms with Crippen LogP contribution in [0.25, 0.3) is 33.5 Å². The molecule has 11 heteroatoms. The van der Waals surface area contributed by atoms with E-state index < -0.39 is 0 Å². The molecule has 0 saturated carbocycles. The van der Waals surface area contributed by atoms with Gasteiger partial charge in [-0.1, -0.05) is 34.1 Å². The van der Waals surface area contributed by atoms with Crippen LogP contribution in [-0.2, 0) is 6.61 Å². The van der Waals surface area contributed by atoms with Crippen molar-refractivity contribution in [1.82, 2.24) is 9.66 Å². The SMILES string of the molecule is O=c1c2ccccc2nc(-c2cc3cc(Br)ccc3o2)n1N=Cc1cc(I)c(OCc2ccc3c(c2)OCO3)c(I)c1. The summed E-state index contributed by atoms with van der Waals surface area (Å²) in [5.41, 5.74) is 2.75. The van der Waals surface area contributed by atoms with Gasteiger partial charge >= 0.3 is 0 Å². The largest absolute Gasteiger partial charge is 0.487 e. The van der Waals surface area contributed by atoms with E-state index in [9.17, 15) is 4.79 Å². The number of halogens is 3. The fourth-order valence-corrected chi connectivity index (χ4v) is 7.12. The summed E-state index contributed by atoms with van der Waals surface area (Å²) in [5.74, 6) is 2.99. The van der Waals surface area contributed by atoms with E-state index in [1.165, 1.54) is 4.68 Å². The highest BCUT2D eigenvalue weighted by Crippen LogP contribution is 2.34. The topological polar surface area (TPSA) is 88.1 Å². The zero-order valence-electron chi connectivity index (χ0n) is 21.5. The smallest absolute Gasteiger partial charge is 0.282 e. The van der Waals surface area contributed by atoms with Crippen LogP contribution in [0.1, 0.15) is 11.1 Å². The number of nitrogens with zero attached hydrogens (tertiary/aromatic N) is 3. The van der Waals surface area contributed by atoms with Gasteiger partial charge in [-0.05, 0) is 117 Å². The number of furan rings is 1. The minimum Gasteiger partial charge on any atom is -0.487 e. The molecular formula is C31H18BrI2N3O5. The minimum atomic E-state index is -0.290. The molecular weight excluding hydrogens is 828 g/mol. The first kappa shape index (κ1) is 27.4. The lowest BCUT2D eigenvalue weighted by Gasteiger charge is -2.12.